The summed E-state index contributed by atoms with van der Waals surface area (Å²) in [6, 6.07) is 1.08. The average Bonchev–Trinajstić information content (AvgIpc) is 2.21. The molecule has 0 bridgehead atoms. The summed E-state index contributed by atoms with van der Waals surface area (Å²) in [4.78, 5) is 0. The average molecular weight is 220 g/mol. The van der Waals surface area contributed by atoms with Gasteiger partial charge in [-0.1, -0.05) is 6.92 Å². The van der Waals surface area contributed by atoms with Crippen LogP contribution in [0.15, 0.2) is 0 Å². The quantitative estimate of drug-likeness (QED) is 0.380. The Bertz CT molecular complexity index is 90.8. The van der Waals surface area contributed by atoms with Crippen molar-refractivity contribution in [1.29, 1.82) is 0 Å². The highest BCUT2D eigenvalue weighted by atomic mass is 28.2. The van der Waals surface area contributed by atoms with Crippen molar-refractivity contribution >= 4 is 9.76 Å². The van der Waals surface area contributed by atoms with E-state index in [0.29, 0.717) is 49.4 Å². The third-order valence-corrected chi connectivity index (χ3v) is 2.08. The van der Waals surface area contributed by atoms with Crippen LogP contribution in [0.25, 0.3) is 0 Å². The first kappa shape index (κ1) is 14.1. The zero-order valence-corrected chi connectivity index (χ0v) is 10.1. The Kier molecular flexibility index (Phi) is 13.1. The molecule has 0 aliphatic heterocycles. The highest BCUT2D eigenvalue weighted by Crippen LogP contribution is 1.82. The molecule has 0 spiro atoms. The van der Waals surface area contributed by atoms with Gasteiger partial charge in [0.05, 0.1) is 39.6 Å². The fourth-order valence-electron chi connectivity index (χ4n) is 0.739. The fraction of sp³-hybridized carbons (Fsp3) is 1.00. The summed E-state index contributed by atoms with van der Waals surface area (Å²) in [6.07, 6.45) is 0. The van der Waals surface area contributed by atoms with Crippen LogP contribution in [-0.4, -0.2) is 56.5 Å². The highest BCUT2D eigenvalue weighted by molar-refractivity contribution is 6.26. The SMILES string of the molecule is CC[Si]OCCOCCOCCOC. The van der Waals surface area contributed by atoms with Gasteiger partial charge in [-0.15, -0.1) is 0 Å². The Balaban J connectivity index is 2.78. The largest absolute Gasteiger partial charge is 0.415 e. The van der Waals surface area contributed by atoms with Crippen LogP contribution in [0.1, 0.15) is 6.92 Å². The molecule has 0 fully saturated rings. The second kappa shape index (κ2) is 13.1. The standard InChI is InChI=1S/C9H20O4Si/c1-3-14-13-9-8-12-7-6-11-5-4-10-2/h3-9H2,1-2H3. The Morgan fingerprint density at radius 1 is 0.857 bits per heavy atom. The molecule has 2 radical (unpaired) electrons. The van der Waals surface area contributed by atoms with E-state index >= 15 is 0 Å². The van der Waals surface area contributed by atoms with E-state index in [2.05, 4.69) is 6.92 Å². The van der Waals surface area contributed by atoms with Crippen LogP contribution in [0.5, 0.6) is 0 Å². The van der Waals surface area contributed by atoms with E-state index in [1.807, 2.05) is 0 Å². The van der Waals surface area contributed by atoms with Crippen molar-refractivity contribution in [2.45, 2.75) is 13.0 Å². The summed E-state index contributed by atoms with van der Waals surface area (Å²) in [5.74, 6) is 0. The molecule has 0 saturated carbocycles. The number of ether oxygens (including phenoxy) is 3. The number of methoxy groups -OCH3 is 1. The molecule has 4 nitrogen and oxygen atoms in total. The molecule has 0 N–H and O–H groups in total. The van der Waals surface area contributed by atoms with Gasteiger partial charge in [0.2, 0.25) is 9.76 Å². The molecule has 0 aromatic carbocycles. The van der Waals surface area contributed by atoms with E-state index in [-0.39, 0.29) is 0 Å². The molecule has 0 heterocycles. The molecular formula is C9H20O4Si. The molecule has 0 unspecified atom stereocenters. The number of hydrogen-bond donors (Lipinski definition) is 0. The maximum Gasteiger partial charge on any atom is 0.229 e. The minimum Gasteiger partial charge on any atom is -0.415 e. The molecule has 14 heavy (non-hydrogen) atoms. The first-order valence-electron chi connectivity index (χ1n) is 4.91. The molecular weight excluding hydrogens is 200 g/mol. The molecule has 0 saturated heterocycles. The van der Waals surface area contributed by atoms with Crippen LogP contribution in [0.2, 0.25) is 6.04 Å². The van der Waals surface area contributed by atoms with Gasteiger partial charge in [-0.2, -0.15) is 0 Å². The number of hydrogen-bond acceptors (Lipinski definition) is 4. The minimum atomic E-state index is 0.599. The molecule has 5 heteroatoms. The van der Waals surface area contributed by atoms with Crippen molar-refractivity contribution in [1.82, 2.24) is 0 Å². The van der Waals surface area contributed by atoms with Crippen LogP contribution in [0.4, 0.5) is 0 Å². The third-order valence-electron chi connectivity index (χ3n) is 1.38. The lowest BCUT2D eigenvalue weighted by molar-refractivity contribution is 0.0182. The van der Waals surface area contributed by atoms with Gasteiger partial charge >= 0.3 is 0 Å². The van der Waals surface area contributed by atoms with E-state index in [1.165, 1.54) is 0 Å². The van der Waals surface area contributed by atoms with Crippen LogP contribution in [0.3, 0.4) is 0 Å². The van der Waals surface area contributed by atoms with Crippen molar-refractivity contribution in [3.05, 3.63) is 0 Å². The predicted molar refractivity (Wildman–Crippen MR) is 55.7 cm³/mol. The smallest absolute Gasteiger partial charge is 0.229 e. The molecule has 0 aromatic rings. The Labute approximate surface area is 88.8 Å². The molecule has 0 aliphatic rings. The van der Waals surface area contributed by atoms with Gasteiger partial charge in [0.15, 0.2) is 0 Å². The monoisotopic (exact) mass is 220 g/mol. The van der Waals surface area contributed by atoms with Crippen molar-refractivity contribution in [2.75, 3.05) is 46.8 Å². The highest BCUT2D eigenvalue weighted by Gasteiger charge is 1.91. The van der Waals surface area contributed by atoms with Crippen molar-refractivity contribution < 1.29 is 18.6 Å². The number of rotatable bonds is 11. The van der Waals surface area contributed by atoms with Gasteiger partial charge < -0.3 is 18.6 Å². The zero-order valence-electron chi connectivity index (χ0n) is 9.08. The lowest BCUT2D eigenvalue weighted by Crippen LogP contribution is -2.12. The summed E-state index contributed by atoms with van der Waals surface area (Å²) in [5, 5.41) is 0. The normalized spacial score (nSPS) is 10.7. The van der Waals surface area contributed by atoms with Crippen molar-refractivity contribution in [2.24, 2.45) is 0 Å². The molecule has 0 aromatic heterocycles. The first-order chi connectivity index (χ1) is 6.91. The molecule has 0 amide bonds. The minimum absolute atomic E-state index is 0.599. The van der Waals surface area contributed by atoms with Crippen molar-refractivity contribution in [3.63, 3.8) is 0 Å². The predicted octanol–water partition coefficient (Wildman–Crippen LogP) is 0.740. The van der Waals surface area contributed by atoms with Crippen LogP contribution < -0.4 is 0 Å². The second-order valence-electron chi connectivity index (χ2n) is 2.56. The lowest BCUT2D eigenvalue weighted by atomic mass is 10.7. The van der Waals surface area contributed by atoms with Crippen molar-refractivity contribution in [3.8, 4) is 0 Å². The van der Waals surface area contributed by atoms with Gasteiger partial charge in [-0.05, 0) is 6.04 Å². The van der Waals surface area contributed by atoms with Gasteiger partial charge in [0.25, 0.3) is 0 Å². The third kappa shape index (κ3) is 12.1. The summed E-state index contributed by atoms with van der Waals surface area (Å²) in [6.45, 7) is 5.96. The van der Waals surface area contributed by atoms with E-state index in [9.17, 15) is 0 Å². The summed E-state index contributed by atoms with van der Waals surface area (Å²) >= 11 is 0. The van der Waals surface area contributed by atoms with Crippen LogP contribution in [0, 0.1) is 0 Å². The second-order valence-corrected chi connectivity index (χ2v) is 3.85. The van der Waals surface area contributed by atoms with E-state index in [0.717, 1.165) is 6.04 Å². The molecule has 84 valence electrons. The van der Waals surface area contributed by atoms with Gasteiger partial charge in [-0.3, -0.25) is 0 Å². The summed E-state index contributed by atoms with van der Waals surface area (Å²) in [5.41, 5.74) is 0. The van der Waals surface area contributed by atoms with Gasteiger partial charge in [0, 0.05) is 7.11 Å². The Morgan fingerprint density at radius 3 is 2.00 bits per heavy atom. The van der Waals surface area contributed by atoms with Gasteiger partial charge in [-0.25, -0.2) is 0 Å². The maximum absolute atomic E-state index is 5.27. The van der Waals surface area contributed by atoms with Gasteiger partial charge in [0.1, 0.15) is 0 Å². The Morgan fingerprint density at radius 2 is 1.43 bits per heavy atom. The van der Waals surface area contributed by atoms with E-state index in [4.69, 9.17) is 18.6 Å². The van der Waals surface area contributed by atoms with E-state index < -0.39 is 0 Å². The Hall–Kier alpha value is 0.0569. The molecule has 0 atom stereocenters. The van der Waals surface area contributed by atoms with Crippen LogP contribution in [-0.2, 0) is 18.6 Å². The fourth-order valence-corrected chi connectivity index (χ4v) is 1.17. The summed E-state index contributed by atoms with van der Waals surface area (Å²) < 4.78 is 20.6. The van der Waals surface area contributed by atoms with Crippen LogP contribution >= 0.6 is 0 Å². The van der Waals surface area contributed by atoms with E-state index in [1.54, 1.807) is 7.11 Å². The molecule has 0 aliphatic carbocycles. The maximum atomic E-state index is 5.27. The zero-order chi connectivity index (χ0) is 10.5. The first-order valence-corrected chi connectivity index (χ1v) is 6.02. The lowest BCUT2D eigenvalue weighted by Gasteiger charge is -2.05. The topological polar surface area (TPSA) is 36.9 Å². The molecule has 0 rings (SSSR count). The summed E-state index contributed by atoms with van der Waals surface area (Å²) in [7, 11) is 2.26.